The minimum absolute atomic E-state index is 0.190. The summed E-state index contributed by atoms with van der Waals surface area (Å²) in [6, 6.07) is 14.9. The SMILES string of the molecule is COc1ccc(C[C@H]2NC[C@H](O)[C@H]2OC(=O)Nc2nc3ccccc3[nH]2)cc1. The maximum absolute atomic E-state index is 12.3. The number of aliphatic hydroxyl groups excluding tert-OH is 1. The summed E-state index contributed by atoms with van der Waals surface area (Å²) in [5.41, 5.74) is 2.62. The van der Waals surface area contributed by atoms with Crippen LogP contribution in [0.4, 0.5) is 10.7 Å². The van der Waals surface area contributed by atoms with Crippen molar-refractivity contribution in [2.75, 3.05) is 19.0 Å². The molecule has 1 aliphatic rings. The monoisotopic (exact) mass is 382 g/mol. The highest BCUT2D eigenvalue weighted by molar-refractivity contribution is 5.86. The molecule has 4 rings (SSSR count). The Morgan fingerprint density at radius 2 is 2.04 bits per heavy atom. The number of β-amino-alcohol motifs (C(OH)–C–C–N with tert-alkyl or cyclic N) is 1. The highest BCUT2D eigenvalue weighted by Gasteiger charge is 2.37. The van der Waals surface area contributed by atoms with Gasteiger partial charge >= 0.3 is 6.09 Å². The number of rotatable bonds is 5. The molecule has 3 atom stereocenters. The average Bonchev–Trinajstić information content (AvgIpc) is 3.26. The number of aromatic nitrogens is 2. The molecule has 2 aromatic carbocycles. The number of anilines is 1. The van der Waals surface area contributed by atoms with Gasteiger partial charge in [-0.1, -0.05) is 24.3 Å². The summed E-state index contributed by atoms with van der Waals surface area (Å²) >= 11 is 0. The van der Waals surface area contributed by atoms with E-state index in [2.05, 4.69) is 20.6 Å². The second-order valence-corrected chi connectivity index (χ2v) is 6.73. The van der Waals surface area contributed by atoms with E-state index in [4.69, 9.17) is 9.47 Å². The van der Waals surface area contributed by atoms with Crippen LogP contribution in [0.5, 0.6) is 5.75 Å². The third kappa shape index (κ3) is 3.92. The standard InChI is InChI=1S/C20H22N4O4/c1-27-13-8-6-12(7-9-13)10-16-18(17(25)11-21-16)28-20(26)24-19-22-14-4-2-3-5-15(14)23-19/h2-9,16-18,21,25H,10-11H2,1H3,(H2,22,23,24,26)/t16-,17+,18+/m1/s1. The highest BCUT2D eigenvalue weighted by Crippen LogP contribution is 2.20. The topological polar surface area (TPSA) is 108 Å². The molecule has 2 heterocycles. The number of nitrogens with one attached hydrogen (secondary N) is 3. The van der Waals surface area contributed by atoms with Gasteiger partial charge in [0.05, 0.1) is 24.2 Å². The van der Waals surface area contributed by atoms with Crippen molar-refractivity contribution >= 4 is 23.1 Å². The third-order valence-electron chi connectivity index (χ3n) is 4.83. The Hall–Kier alpha value is -3.10. The van der Waals surface area contributed by atoms with Crippen molar-refractivity contribution in [2.45, 2.75) is 24.7 Å². The van der Waals surface area contributed by atoms with Crippen LogP contribution in [0.25, 0.3) is 11.0 Å². The van der Waals surface area contributed by atoms with Crippen molar-refractivity contribution in [1.82, 2.24) is 15.3 Å². The molecule has 0 unspecified atom stereocenters. The lowest BCUT2D eigenvalue weighted by atomic mass is 10.0. The summed E-state index contributed by atoms with van der Waals surface area (Å²) in [6.45, 7) is 0.364. The Kier molecular flexibility index (Phi) is 5.14. The van der Waals surface area contributed by atoms with Gasteiger partial charge in [-0.3, -0.25) is 5.32 Å². The van der Waals surface area contributed by atoms with Crippen LogP contribution in [-0.4, -0.2) is 53.1 Å². The number of aliphatic hydroxyl groups is 1. The summed E-state index contributed by atoms with van der Waals surface area (Å²) in [6.07, 6.45) is -1.48. The summed E-state index contributed by atoms with van der Waals surface area (Å²) in [5, 5.41) is 16.0. The molecule has 146 valence electrons. The number of amides is 1. The first-order valence-electron chi connectivity index (χ1n) is 9.09. The number of H-pyrrole nitrogens is 1. The number of nitrogens with zero attached hydrogens (tertiary/aromatic N) is 1. The fourth-order valence-corrected chi connectivity index (χ4v) is 3.40. The first-order valence-corrected chi connectivity index (χ1v) is 9.09. The first kappa shape index (κ1) is 18.3. The van der Waals surface area contributed by atoms with E-state index >= 15 is 0 Å². The van der Waals surface area contributed by atoms with Crippen molar-refractivity contribution in [2.24, 2.45) is 0 Å². The van der Waals surface area contributed by atoms with Crippen molar-refractivity contribution in [3.8, 4) is 5.75 Å². The fraction of sp³-hybridized carbons (Fsp3) is 0.300. The molecule has 0 bridgehead atoms. The van der Waals surface area contributed by atoms with E-state index in [1.165, 1.54) is 0 Å². The van der Waals surface area contributed by atoms with Crippen LogP contribution in [0.2, 0.25) is 0 Å². The molecular formula is C20H22N4O4. The Morgan fingerprint density at radius 3 is 2.79 bits per heavy atom. The molecule has 0 aliphatic carbocycles. The molecular weight excluding hydrogens is 360 g/mol. The lowest BCUT2D eigenvalue weighted by Gasteiger charge is -2.22. The molecule has 0 spiro atoms. The average molecular weight is 382 g/mol. The Labute approximate surface area is 161 Å². The number of carbonyl (C=O) groups excluding carboxylic acids is 1. The number of para-hydroxylation sites is 2. The predicted octanol–water partition coefficient (Wildman–Crippen LogP) is 2.06. The van der Waals surface area contributed by atoms with E-state index in [1.54, 1.807) is 7.11 Å². The van der Waals surface area contributed by atoms with Crippen LogP contribution >= 0.6 is 0 Å². The fourth-order valence-electron chi connectivity index (χ4n) is 3.40. The zero-order valence-electron chi connectivity index (χ0n) is 15.4. The minimum atomic E-state index is -0.773. The van der Waals surface area contributed by atoms with Crippen LogP contribution in [0.1, 0.15) is 5.56 Å². The summed E-state index contributed by atoms with van der Waals surface area (Å²) in [5.74, 6) is 1.08. The van der Waals surface area contributed by atoms with Gasteiger partial charge in [0.25, 0.3) is 0 Å². The molecule has 0 radical (unpaired) electrons. The van der Waals surface area contributed by atoms with E-state index in [-0.39, 0.29) is 6.04 Å². The molecule has 0 saturated carbocycles. The first-order chi connectivity index (χ1) is 13.6. The zero-order valence-corrected chi connectivity index (χ0v) is 15.4. The van der Waals surface area contributed by atoms with Crippen LogP contribution in [0.3, 0.4) is 0 Å². The molecule has 1 aliphatic heterocycles. The smallest absolute Gasteiger partial charge is 0.414 e. The molecule has 1 aromatic heterocycles. The second-order valence-electron chi connectivity index (χ2n) is 6.73. The van der Waals surface area contributed by atoms with Crippen LogP contribution in [0, 0.1) is 0 Å². The molecule has 28 heavy (non-hydrogen) atoms. The molecule has 3 aromatic rings. The molecule has 1 fully saturated rings. The summed E-state index contributed by atoms with van der Waals surface area (Å²) < 4.78 is 10.7. The number of carbonyl (C=O) groups is 1. The van der Waals surface area contributed by atoms with Crippen molar-refractivity contribution < 1.29 is 19.4 Å². The van der Waals surface area contributed by atoms with Gasteiger partial charge in [-0.05, 0) is 36.2 Å². The normalized spacial score (nSPS) is 21.6. The third-order valence-corrected chi connectivity index (χ3v) is 4.83. The largest absolute Gasteiger partial charge is 0.497 e. The molecule has 1 amide bonds. The van der Waals surface area contributed by atoms with Crippen LogP contribution < -0.4 is 15.4 Å². The van der Waals surface area contributed by atoms with Gasteiger partial charge in [0, 0.05) is 6.54 Å². The van der Waals surface area contributed by atoms with Crippen molar-refractivity contribution in [3.63, 3.8) is 0 Å². The number of hydrogen-bond acceptors (Lipinski definition) is 6. The maximum atomic E-state index is 12.3. The molecule has 8 heteroatoms. The van der Waals surface area contributed by atoms with Gasteiger partial charge in [0.2, 0.25) is 5.95 Å². The van der Waals surface area contributed by atoms with E-state index in [0.717, 1.165) is 22.3 Å². The number of fused-ring (bicyclic) bond motifs is 1. The molecule has 8 nitrogen and oxygen atoms in total. The lowest BCUT2D eigenvalue weighted by molar-refractivity contribution is 0.0254. The molecule has 1 saturated heterocycles. The van der Waals surface area contributed by atoms with E-state index in [9.17, 15) is 9.90 Å². The van der Waals surface area contributed by atoms with Gasteiger partial charge in [0.15, 0.2) is 0 Å². The quantitative estimate of drug-likeness (QED) is 0.538. The lowest BCUT2D eigenvalue weighted by Crippen LogP contribution is -2.40. The van der Waals surface area contributed by atoms with E-state index in [1.807, 2.05) is 48.5 Å². The van der Waals surface area contributed by atoms with E-state index in [0.29, 0.717) is 18.9 Å². The predicted molar refractivity (Wildman–Crippen MR) is 104 cm³/mol. The van der Waals surface area contributed by atoms with Crippen LogP contribution in [-0.2, 0) is 11.2 Å². The van der Waals surface area contributed by atoms with Gasteiger partial charge in [-0.2, -0.15) is 0 Å². The van der Waals surface area contributed by atoms with Gasteiger partial charge in [-0.25, -0.2) is 9.78 Å². The van der Waals surface area contributed by atoms with Crippen molar-refractivity contribution in [3.05, 3.63) is 54.1 Å². The second kappa shape index (κ2) is 7.87. The number of hydrogen-bond donors (Lipinski definition) is 4. The Balaban J connectivity index is 1.40. The van der Waals surface area contributed by atoms with Crippen molar-refractivity contribution in [1.29, 1.82) is 0 Å². The molecule has 4 N–H and O–H groups in total. The van der Waals surface area contributed by atoms with Gasteiger partial charge < -0.3 is 24.9 Å². The number of aromatic amines is 1. The minimum Gasteiger partial charge on any atom is -0.497 e. The zero-order chi connectivity index (χ0) is 19.5. The highest BCUT2D eigenvalue weighted by atomic mass is 16.6. The van der Waals surface area contributed by atoms with E-state index < -0.39 is 18.3 Å². The van der Waals surface area contributed by atoms with Gasteiger partial charge in [-0.15, -0.1) is 0 Å². The summed E-state index contributed by atoms with van der Waals surface area (Å²) in [4.78, 5) is 19.6. The maximum Gasteiger partial charge on any atom is 0.414 e. The number of ether oxygens (including phenoxy) is 2. The number of imidazole rings is 1. The Morgan fingerprint density at radius 1 is 1.25 bits per heavy atom. The van der Waals surface area contributed by atoms with Crippen LogP contribution in [0.15, 0.2) is 48.5 Å². The number of methoxy groups -OCH3 is 1. The van der Waals surface area contributed by atoms with Gasteiger partial charge in [0.1, 0.15) is 18.0 Å². The Bertz CT molecular complexity index is 923. The summed E-state index contributed by atoms with van der Waals surface area (Å²) in [7, 11) is 1.62. The number of benzene rings is 2.